The monoisotopic (exact) mass is 356 g/mol. The SMILES string of the molecule is COC(=O)c1c(COCc2cc(C(C)(C)C)ccc2C)cccc1OC. The Labute approximate surface area is 156 Å². The molecule has 2 aromatic carbocycles. The Balaban J connectivity index is 2.17. The molecule has 0 saturated carbocycles. The molecule has 4 heteroatoms. The van der Waals surface area contributed by atoms with E-state index in [2.05, 4.69) is 45.9 Å². The third-order valence-electron chi connectivity index (χ3n) is 4.45. The fourth-order valence-corrected chi connectivity index (χ4v) is 2.77. The largest absolute Gasteiger partial charge is 0.496 e. The average molecular weight is 356 g/mol. The molecule has 0 unspecified atom stereocenters. The van der Waals surface area contributed by atoms with Crippen LogP contribution in [-0.4, -0.2) is 20.2 Å². The molecule has 0 aliphatic carbocycles. The van der Waals surface area contributed by atoms with E-state index in [-0.39, 0.29) is 5.41 Å². The van der Waals surface area contributed by atoms with E-state index in [1.54, 1.807) is 6.07 Å². The quantitative estimate of drug-likeness (QED) is 0.697. The van der Waals surface area contributed by atoms with Gasteiger partial charge in [-0.3, -0.25) is 0 Å². The van der Waals surface area contributed by atoms with Gasteiger partial charge in [-0.15, -0.1) is 0 Å². The average Bonchev–Trinajstić information content (AvgIpc) is 2.61. The summed E-state index contributed by atoms with van der Waals surface area (Å²) in [6, 6.07) is 11.9. The minimum absolute atomic E-state index is 0.0906. The number of hydrogen-bond acceptors (Lipinski definition) is 4. The van der Waals surface area contributed by atoms with Gasteiger partial charge >= 0.3 is 5.97 Å². The predicted molar refractivity (Wildman–Crippen MR) is 103 cm³/mol. The van der Waals surface area contributed by atoms with Crippen molar-refractivity contribution in [3.05, 3.63) is 64.2 Å². The number of methoxy groups -OCH3 is 2. The van der Waals surface area contributed by atoms with E-state index in [9.17, 15) is 4.79 Å². The normalized spacial score (nSPS) is 11.3. The van der Waals surface area contributed by atoms with Gasteiger partial charge in [0.2, 0.25) is 0 Å². The van der Waals surface area contributed by atoms with Gasteiger partial charge in [0.05, 0.1) is 27.4 Å². The van der Waals surface area contributed by atoms with Gasteiger partial charge in [-0.05, 0) is 40.7 Å². The van der Waals surface area contributed by atoms with E-state index in [0.717, 1.165) is 11.1 Å². The number of ether oxygens (including phenoxy) is 3. The zero-order valence-corrected chi connectivity index (χ0v) is 16.5. The minimum atomic E-state index is -0.424. The van der Waals surface area contributed by atoms with Crippen LogP contribution in [0.2, 0.25) is 0 Å². The second-order valence-corrected chi connectivity index (χ2v) is 7.37. The van der Waals surface area contributed by atoms with E-state index in [0.29, 0.717) is 24.5 Å². The molecule has 4 nitrogen and oxygen atoms in total. The molecular formula is C22H28O4. The maximum absolute atomic E-state index is 12.1. The molecule has 0 amide bonds. The highest BCUT2D eigenvalue weighted by Gasteiger charge is 2.18. The first-order valence-electron chi connectivity index (χ1n) is 8.70. The molecule has 0 saturated heterocycles. The Hall–Kier alpha value is -2.33. The minimum Gasteiger partial charge on any atom is -0.496 e. The van der Waals surface area contributed by atoms with E-state index >= 15 is 0 Å². The molecule has 0 aliphatic rings. The molecule has 0 spiro atoms. The summed E-state index contributed by atoms with van der Waals surface area (Å²) in [5, 5.41) is 0. The molecule has 0 radical (unpaired) electrons. The summed E-state index contributed by atoms with van der Waals surface area (Å²) in [5.74, 6) is 0.0656. The molecule has 140 valence electrons. The highest BCUT2D eigenvalue weighted by molar-refractivity contribution is 5.94. The topological polar surface area (TPSA) is 44.8 Å². The lowest BCUT2D eigenvalue weighted by atomic mass is 9.85. The third kappa shape index (κ3) is 4.64. The van der Waals surface area contributed by atoms with Crippen LogP contribution in [0.25, 0.3) is 0 Å². The van der Waals surface area contributed by atoms with E-state index in [4.69, 9.17) is 14.2 Å². The summed E-state index contributed by atoms with van der Waals surface area (Å²) in [7, 11) is 2.90. The van der Waals surface area contributed by atoms with Crippen LogP contribution in [0.3, 0.4) is 0 Å². The Morgan fingerprint density at radius 3 is 2.31 bits per heavy atom. The summed E-state index contributed by atoms with van der Waals surface area (Å²) in [6.45, 7) is 9.45. The van der Waals surface area contributed by atoms with Crippen LogP contribution in [0.4, 0.5) is 0 Å². The van der Waals surface area contributed by atoms with Crippen molar-refractivity contribution in [2.24, 2.45) is 0 Å². The summed E-state index contributed by atoms with van der Waals surface area (Å²) in [5.41, 5.74) is 4.88. The zero-order chi connectivity index (χ0) is 19.3. The molecule has 0 aromatic heterocycles. The number of carbonyl (C=O) groups is 1. The van der Waals surface area contributed by atoms with Crippen LogP contribution < -0.4 is 4.74 Å². The molecule has 0 aliphatic heterocycles. The highest BCUT2D eigenvalue weighted by Crippen LogP contribution is 2.26. The van der Waals surface area contributed by atoms with Crippen molar-refractivity contribution in [3.63, 3.8) is 0 Å². The summed E-state index contributed by atoms with van der Waals surface area (Å²) < 4.78 is 16.1. The predicted octanol–water partition coefficient (Wildman–Crippen LogP) is 4.80. The van der Waals surface area contributed by atoms with Gasteiger partial charge in [-0.2, -0.15) is 0 Å². The van der Waals surface area contributed by atoms with Crippen molar-refractivity contribution < 1.29 is 19.0 Å². The summed E-state index contributed by atoms with van der Waals surface area (Å²) in [6.07, 6.45) is 0. The summed E-state index contributed by atoms with van der Waals surface area (Å²) >= 11 is 0. The first-order valence-corrected chi connectivity index (χ1v) is 8.70. The Morgan fingerprint density at radius 2 is 1.69 bits per heavy atom. The third-order valence-corrected chi connectivity index (χ3v) is 4.45. The molecule has 0 N–H and O–H groups in total. The van der Waals surface area contributed by atoms with Crippen molar-refractivity contribution in [3.8, 4) is 5.75 Å². The second-order valence-electron chi connectivity index (χ2n) is 7.37. The Morgan fingerprint density at radius 1 is 1.00 bits per heavy atom. The fourth-order valence-electron chi connectivity index (χ4n) is 2.77. The molecular weight excluding hydrogens is 328 g/mol. The lowest BCUT2D eigenvalue weighted by Crippen LogP contribution is -2.12. The van der Waals surface area contributed by atoms with Crippen LogP contribution >= 0.6 is 0 Å². The maximum Gasteiger partial charge on any atom is 0.342 e. The molecule has 26 heavy (non-hydrogen) atoms. The van der Waals surface area contributed by atoms with Gasteiger partial charge in [0.1, 0.15) is 11.3 Å². The standard InChI is InChI=1S/C22H28O4/c1-15-10-11-18(22(2,3)4)12-17(15)14-26-13-16-8-7-9-19(24-5)20(16)21(23)25-6/h7-12H,13-14H2,1-6H3. The van der Waals surface area contributed by atoms with Crippen molar-refractivity contribution in [2.75, 3.05) is 14.2 Å². The Bertz CT molecular complexity index is 772. The zero-order valence-electron chi connectivity index (χ0n) is 16.5. The van der Waals surface area contributed by atoms with Crippen molar-refractivity contribution in [1.29, 1.82) is 0 Å². The van der Waals surface area contributed by atoms with E-state index in [1.807, 2.05) is 12.1 Å². The van der Waals surface area contributed by atoms with E-state index in [1.165, 1.54) is 25.3 Å². The molecule has 2 aromatic rings. The van der Waals surface area contributed by atoms with Gasteiger partial charge in [0, 0.05) is 0 Å². The Kier molecular flexibility index (Phi) is 6.43. The van der Waals surface area contributed by atoms with Crippen LogP contribution in [0.5, 0.6) is 5.75 Å². The fraction of sp³-hybridized carbons (Fsp3) is 0.409. The number of carbonyl (C=O) groups excluding carboxylic acids is 1. The molecule has 0 heterocycles. The van der Waals surface area contributed by atoms with Crippen molar-refractivity contribution >= 4 is 5.97 Å². The lowest BCUT2D eigenvalue weighted by molar-refractivity contribution is 0.0585. The number of benzene rings is 2. The summed E-state index contributed by atoms with van der Waals surface area (Å²) in [4.78, 5) is 12.1. The first-order chi connectivity index (χ1) is 12.3. The van der Waals surface area contributed by atoms with Crippen LogP contribution in [0, 0.1) is 6.92 Å². The first kappa shape index (κ1) is 20.0. The number of esters is 1. The van der Waals surface area contributed by atoms with Crippen molar-refractivity contribution in [1.82, 2.24) is 0 Å². The number of rotatable bonds is 6. The van der Waals surface area contributed by atoms with Gasteiger partial charge in [-0.1, -0.05) is 51.1 Å². The van der Waals surface area contributed by atoms with Crippen LogP contribution in [-0.2, 0) is 28.1 Å². The van der Waals surface area contributed by atoms with Gasteiger partial charge in [0.15, 0.2) is 0 Å². The van der Waals surface area contributed by atoms with Gasteiger partial charge in [0.25, 0.3) is 0 Å². The van der Waals surface area contributed by atoms with Crippen LogP contribution in [0.15, 0.2) is 36.4 Å². The smallest absolute Gasteiger partial charge is 0.342 e. The number of hydrogen-bond donors (Lipinski definition) is 0. The molecule has 0 bridgehead atoms. The lowest BCUT2D eigenvalue weighted by Gasteiger charge is -2.21. The highest BCUT2D eigenvalue weighted by atomic mass is 16.5. The molecule has 0 fully saturated rings. The van der Waals surface area contributed by atoms with Gasteiger partial charge in [-0.25, -0.2) is 4.79 Å². The van der Waals surface area contributed by atoms with Crippen LogP contribution in [0.1, 0.15) is 53.4 Å². The molecule has 2 rings (SSSR count). The number of aryl methyl sites for hydroxylation is 1. The molecule has 0 atom stereocenters. The van der Waals surface area contributed by atoms with E-state index < -0.39 is 5.97 Å². The van der Waals surface area contributed by atoms with Crippen molar-refractivity contribution in [2.45, 2.75) is 46.3 Å². The van der Waals surface area contributed by atoms with Gasteiger partial charge < -0.3 is 14.2 Å². The maximum atomic E-state index is 12.1. The second kappa shape index (κ2) is 8.37.